The van der Waals surface area contributed by atoms with Crippen LogP contribution in [0.15, 0.2) is 24.3 Å². The minimum atomic E-state index is 0.241. The van der Waals surface area contributed by atoms with Crippen molar-refractivity contribution in [2.45, 2.75) is 32.1 Å². The number of carbonyl (C=O) groups excluding carboxylic acids is 1. The van der Waals surface area contributed by atoms with Crippen LogP contribution in [0.5, 0.6) is 0 Å². The van der Waals surface area contributed by atoms with Gasteiger partial charge in [0.05, 0.1) is 0 Å². The molecule has 1 saturated heterocycles. The van der Waals surface area contributed by atoms with Crippen molar-refractivity contribution < 1.29 is 4.79 Å². The number of hydrogen-bond acceptors (Lipinski definition) is 5. The number of amides is 1. The van der Waals surface area contributed by atoms with Gasteiger partial charge in [-0.3, -0.25) is 4.79 Å². The molecular formula is C18H24N6O. The molecule has 0 spiro atoms. The summed E-state index contributed by atoms with van der Waals surface area (Å²) in [6.07, 6.45) is 4.78. The van der Waals surface area contributed by atoms with Crippen molar-refractivity contribution >= 4 is 11.6 Å². The maximum absolute atomic E-state index is 12.7. The Hall–Kier alpha value is -2.28. The van der Waals surface area contributed by atoms with Gasteiger partial charge in [0.1, 0.15) is 0 Å². The molecule has 1 N–H and O–H groups in total. The normalized spacial score (nSPS) is 20.6. The number of likely N-dealkylation sites (tertiary alicyclic amines) is 1. The van der Waals surface area contributed by atoms with Crippen LogP contribution in [0.3, 0.4) is 0 Å². The summed E-state index contributed by atoms with van der Waals surface area (Å²) in [7, 11) is 0. The lowest BCUT2D eigenvalue weighted by Crippen LogP contribution is -2.39. The fourth-order valence-electron chi connectivity index (χ4n) is 4.03. The molecule has 4 rings (SSSR count). The van der Waals surface area contributed by atoms with Crippen molar-refractivity contribution in [1.29, 1.82) is 0 Å². The zero-order chi connectivity index (χ0) is 17.1. The minimum Gasteiger partial charge on any atom is -0.312 e. The topological polar surface area (TPSA) is 78.0 Å². The van der Waals surface area contributed by atoms with E-state index in [1.165, 1.54) is 18.4 Å². The Balaban J connectivity index is 1.29. The second kappa shape index (κ2) is 7.31. The van der Waals surface area contributed by atoms with Crippen molar-refractivity contribution in [2.75, 3.05) is 31.1 Å². The Bertz CT molecular complexity index is 716. The molecule has 3 heterocycles. The fraction of sp³-hybridized carbons (Fsp3) is 0.556. The summed E-state index contributed by atoms with van der Waals surface area (Å²) in [4.78, 5) is 17.0. The number of nitrogens with zero attached hydrogens (tertiary/aromatic N) is 5. The molecule has 1 unspecified atom stereocenters. The number of aromatic amines is 1. The molecule has 0 bridgehead atoms. The lowest BCUT2D eigenvalue weighted by molar-refractivity contribution is -0.118. The van der Waals surface area contributed by atoms with Gasteiger partial charge in [0.25, 0.3) is 0 Å². The summed E-state index contributed by atoms with van der Waals surface area (Å²) >= 11 is 0. The number of carbonyl (C=O) groups is 1. The van der Waals surface area contributed by atoms with Gasteiger partial charge in [0.2, 0.25) is 5.91 Å². The van der Waals surface area contributed by atoms with Gasteiger partial charge in [-0.15, -0.1) is 10.2 Å². The summed E-state index contributed by atoms with van der Waals surface area (Å²) in [5.74, 6) is 1.58. The number of fused-ring (bicyclic) bond motifs is 1. The van der Waals surface area contributed by atoms with E-state index in [0.717, 1.165) is 50.5 Å². The van der Waals surface area contributed by atoms with Crippen LogP contribution in [0.1, 0.15) is 30.7 Å². The number of tetrazole rings is 1. The minimum absolute atomic E-state index is 0.241. The number of aromatic nitrogens is 4. The summed E-state index contributed by atoms with van der Waals surface area (Å²) in [5.41, 5.74) is 2.38. The predicted octanol–water partition coefficient (Wildman–Crippen LogP) is 1.43. The van der Waals surface area contributed by atoms with E-state index in [-0.39, 0.29) is 5.91 Å². The average molecular weight is 340 g/mol. The highest BCUT2D eigenvalue weighted by Crippen LogP contribution is 2.28. The lowest BCUT2D eigenvalue weighted by atomic mass is 9.94. The van der Waals surface area contributed by atoms with Gasteiger partial charge in [-0.25, -0.2) is 0 Å². The molecule has 7 heteroatoms. The Morgan fingerprint density at radius 1 is 1.28 bits per heavy atom. The highest BCUT2D eigenvalue weighted by molar-refractivity contribution is 5.95. The molecular weight excluding hydrogens is 316 g/mol. The predicted molar refractivity (Wildman–Crippen MR) is 94.2 cm³/mol. The van der Waals surface area contributed by atoms with E-state index in [2.05, 4.69) is 37.7 Å². The van der Waals surface area contributed by atoms with E-state index < -0.39 is 0 Å². The first-order chi connectivity index (χ1) is 12.3. The molecule has 1 aromatic carbocycles. The molecule has 2 aliphatic rings. The van der Waals surface area contributed by atoms with Crippen molar-refractivity contribution in [1.82, 2.24) is 25.5 Å². The van der Waals surface area contributed by atoms with Crippen LogP contribution < -0.4 is 4.90 Å². The summed E-state index contributed by atoms with van der Waals surface area (Å²) in [6, 6.07) is 8.24. The average Bonchev–Trinajstić information content (AvgIpc) is 3.29. The lowest BCUT2D eigenvalue weighted by Gasteiger charge is -2.32. The zero-order valence-corrected chi connectivity index (χ0v) is 14.4. The van der Waals surface area contributed by atoms with Crippen LogP contribution in [0.25, 0.3) is 0 Å². The maximum Gasteiger partial charge on any atom is 0.228 e. The zero-order valence-electron chi connectivity index (χ0n) is 14.4. The summed E-state index contributed by atoms with van der Waals surface area (Å²) in [5, 5.41) is 14.3. The van der Waals surface area contributed by atoms with Gasteiger partial charge in [-0.1, -0.05) is 23.4 Å². The maximum atomic E-state index is 12.7. The monoisotopic (exact) mass is 340 g/mol. The number of nitrogens with one attached hydrogen (secondary N) is 1. The van der Waals surface area contributed by atoms with Crippen LogP contribution in [0.4, 0.5) is 5.69 Å². The van der Waals surface area contributed by atoms with E-state index in [1.807, 2.05) is 17.0 Å². The van der Waals surface area contributed by atoms with Crippen molar-refractivity contribution in [3.63, 3.8) is 0 Å². The molecule has 7 nitrogen and oxygen atoms in total. The third-order valence-electron chi connectivity index (χ3n) is 5.29. The van der Waals surface area contributed by atoms with Gasteiger partial charge in [-0.2, -0.15) is 5.21 Å². The molecule has 25 heavy (non-hydrogen) atoms. The van der Waals surface area contributed by atoms with Crippen LogP contribution in [0.2, 0.25) is 0 Å². The van der Waals surface area contributed by atoms with E-state index in [0.29, 0.717) is 12.3 Å². The first-order valence-electron chi connectivity index (χ1n) is 9.12. The quantitative estimate of drug-likeness (QED) is 0.891. The number of rotatable bonds is 5. The Morgan fingerprint density at radius 3 is 3.08 bits per heavy atom. The molecule has 132 valence electrons. The molecule has 2 aliphatic heterocycles. The van der Waals surface area contributed by atoms with E-state index in [4.69, 9.17) is 0 Å². The third kappa shape index (κ3) is 3.71. The number of piperidine rings is 1. The largest absolute Gasteiger partial charge is 0.312 e. The van der Waals surface area contributed by atoms with Gasteiger partial charge in [-0.05, 0) is 43.4 Å². The van der Waals surface area contributed by atoms with Crippen LogP contribution in [-0.2, 0) is 17.6 Å². The second-order valence-electron chi connectivity index (χ2n) is 7.02. The van der Waals surface area contributed by atoms with Crippen molar-refractivity contribution in [3.05, 3.63) is 35.7 Å². The molecule has 1 amide bonds. The summed E-state index contributed by atoms with van der Waals surface area (Å²) in [6.45, 7) is 3.74. The number of H-pyrrole nitrogens is 1. The standard InChI is InChI=1S/C18H24N6O/c25-18(24-11-7-15-5-1-2-6-16(15)24)8-10-23-9-3-4-14(13-23)12-17-19-21-22-20-17/h1-2,5-6,14H,3-4,7-13H2,(H,19,20,21,22). The number of para-hydroxylation sites is 1. The van der Waals surface area contributed by atoms with Gasteiger partial charge >= 0.3 is 0 Å². The van der Waals surface area contributed by atoms with Gasteiger partial charge < -0.3 is 9.80 Å². The van der Waals surface area contributed by atoms with Crippen LogP contribution >= 0.6 is 0 Å². The van der Waals surface area contributed by atoms with Crippen LogP contribution in [0, 0.1) is 5.92 Å². The highest BCUT2D eigenvalue weighted by atomic mass is 16.2. The number of anilines is 1. The first-order valence-corrected chi connectivity index (χ1v) is 9.12. The third-order valence-corrected chi connectivity index (χ3v) is 5.29. The first kappa shape index (κ1) is 16.2. The molecule has 2 aromatic rings. The molecule has 0 radical (unpaired) electrons. The van der Waals surface area contributed by atoms with E-state index in [1.54, 1.807) is 0 Å². The number of benzene rings is 1. The SMILES string of the molecule is O=C(CCN1CCCC(Cc2nn[nH]n2)C1)N1CCc2ccccc21. The number of hydrogen-bond donors (Lipinski definition) is 1. The van der Waals surface area contributed by atoms with Gasteiger partial charge in [0.15, 0.2) is 5.82 Å². The highest BCUT2D eigenvalue weighted by Gasteiger charge is 2.26. The molecule has 1 fully saturated rings. The fourth-order valence-corrected chi connectivity index (χ4v) is 4.03. The Labute approximate surface area is 147 Å². The molecule has 1 atom stereocenters. The van der Waals surface area contributed by atoms with Crippen molar-refractivity contribution in [3.8, 4) is 0 Å². The van der Waals surface area contributed by atoms with Crippen molar-refractivity contribution in [2.24, 2.45) is 5.92 Å². The smallest absolute Gasteiger partial charge is 0.228 e. The van der Waals surface area contributed by atoms with E-state index in [9.17, 15) is 4.79 Å². The van der Waals surface area contributed by atoms with E-state index >= 15 is 0 Å². The Kier molecular flexibility index (Phi) is 4.74. The molecule has 1 aromatic heterocycles. The molecule has 0 saturated carbocycles. The summed E-state index contributed by atoms with van der Waals surface area (Å²) < 4.78 is 0. The van der Waals surface area contributed by atoms with Crippen LogP contribution in [-0.4, -0.2) is 57.6 Å². The molecule has 0 aliphatic carbocycles. The second-order valence-corrected chi connectivity index (χ2v) is 7.02. The Morgan fingerprint density at radius 2 is 2.20 bits per heavy atom. The van der Waals surface area contributed by atoms with Gasteiger partial charge in [0, 0.05) is 38.2 Å².